The van der Waals surface area contributed by atoms with Crippen molar-refractivity contribution < 1.29 is 4.74 Å². The monoisotopic (exact) mass is 267 g/mol. The van der Waals surface area contributed by atoms with Gasteiger partial charge in [-0.15, -0.1) is 0 Å². The number of fused-ring (bicyclic) bond motifs is 1. The van der Waals surface area contributed by atoms with Gasteiger partial charge < -0.3 is 10.5 Å². The lowest BCUT2D eigenvalue weighted by Crippen LogP contribution is -2.46. The summed E-state index contributed by atoms with van der Waals surface area (Å²) in [5.41, 5.74) is 8.71. The van der Waals surface area contributed by atoms with Gasteiger partial charge in [0.25, 0.3) is 0 Å². The van der Waals surface area contributed by atoms with E-state index >= 15 is 0 Å². The normalized spacial score (nSPS) is 17.4. The van der Waals surface area contributed by atoms with Crippen molar-refractivity contribution in [3.8, 4) is 5.75 Å². The lowest BCUT2D eigenvalue weighted by molar-refractivity contribution is 0.289. The maximum Gasteiger partial charge on any atom is 0.125 e. The molecular weight excluding hydrogens is 246 g/mol. The smallest absolute Gasteiger partial charge is 0.125 e. The summed E-state index contributed by atoms with van der Waals surface area (Å²) >= 11 is 6.18. The molecule has 0 bridgehead atoms. The van der Waals surface area contributed by atoms with E-state index in [0.717, 1.165) is 42.2 Å². The van der Waals surface area contributed by atoms with E-state index < -0.39 is 0 Å². The summed E-state index contributed by atoms with van der Waals surface area (Å²) in [7, 11) is 0. The van der Waals surface area contributed by atoms with Gasteiger partial charge in [-0.3, -0.25) is 0 Å². The minimum absolute atomic E-state index is 0.190. The summed E-state index contributed by atoms with van der Waals surface area (Å²) in [5, 5.41) is 0.788. The fourth-order valence-electron chi connectivity index (χ4n) is 2.57. The first-order chi connectivity index (χ1) is 8.46. The topological polar surface area (TPSA) is 35.2 Å². The second kappa shape index (κ2) is 5.10. The van der Waals surface area contributed by atoms with Gasteiger partial charge >= 0.3 is 0 Å². The van der Waals surface area contributed by atoms with Crippen molar-refractivity contribution in [3.63, 3.8) is 0 Å². The number of rotatable bonds is 4. The Bertz CT molecular complexity index is 444. The van der Waals surface area contributed by atoms with E-state index in [1.807, 2.05) is 12.1 Å². The molecule has 0 amide bonds. The first-order valence-corrected chi connectivity index (χ1v) is 7.07. The molecule has 0 aromatic heterocycles. The highest BCUT2D eigenvalue weighted by Gasteiger charge is 2.30. The Hall–Kier alpha value is -0.730. The van der Waals surface area contributed by atoms with Crippen LogP contribution >= 0.6 is 11.6 Å². The molecule has 1 atom stereocenters. The zero-order chi connectivity index (χ0) is 13.3. The molecule has 2 nitrogen and oxygen atoms in total. The first kappa shape index (κ1) is 13.7. The summed E-state index contributed by atoms with van der Waals surface area (Å²) in [4.78, 5) is 0. The lowest BCUT2D eigenvalue weighted by Gasteiger charge is -2.33. The minimum Gasteiger partial charge on any atom is -0.493 e. The van der Waals surface area contributed by atoms with Crippen molar-refractivity contribution in [2.45, 2.75) is 45.6 Å². The highest BCUT2D eigenvalue weighted by molar-refractivity contribution is 6.30. The van der Waals surface area contributed by atoms with E-state index in [4.69, 9.17) is 22.1 Å². The predicted octanol–water partition coefficient (Wildman–Crippen LogP) is 3.58. The van der Waals surface area contributed by atoms with Gasteiger partial charge in [-0.25, -0.2) is 0 Å². The molecule has 0 radical (unpaired) electrons. The zero-order valence-corrected chi connectivity index (χ0v) is 12.2. The van der Waals surface area contributed by atoms with E-state index in [1.165, 1.54) is 5.56 Å². The van der Waals surface area contributed by atoms with Gasteiger partial charge in [0, 0.05) is 17.0 Å². The van der Waals surface area contributed by atoms with E-state index in [2.05, 4.69) is 20.8 Å². The molecular formula is C15H22ClNO. The van der Waals surface area contributed by atoms with Gasteiger partial charge in [0.2, 0.25) is 0 Å². The van der Waals surface area contributed by atoms with E-state index in [1.54, 1.807) is 0 Å². The molecule has 0 fully saturated rings. The largest absolute Gasteiger partial charge is 0.493 e. The minimum atomic E-state index is -0.190. The van der Waals surface area contributed by atoms with Crippen LogP contribution in [0.3, 0.4) is 0 Å². The molecule has 100 valence electrons. The van der Waals surface area contributed by atoms with Gasteiger partial charge in [-0.05, 0) is 42.0 Å². The molecule has 0 spiro atoms. The first-order valence-electron chi connectivity index (χ1n) is 6.69. The van der Waals surface area contributed by atoms with E-state index in [9.17, 15) is 0 Å². The van der Waals surface area contributed by atoms with Crippen LogP contribution < -0.4 is 10.5 Å². The molecule has 18 heavy (non-hydrogen) atoms. The van der Waals surface area contributed by atoms with Crippen LogP contribution in [0.25, 0.3) is 0 Å². The van der Waals surface area contributed by atoms with Crippen LogP contribution in [0.1, 0.15) is 38.3 Å². The van der Waals surface area contributed by atoms with E-state index in [-0.39, 0.29) is 5.54 Å². The number of halogens is 1. The molecule has 1 aromatic carbocycles. The molecule has 1 aliphatic heterocycles. The third-order valence-corrected chi connectivity index (χ3v) is 4.37. The SMILES string of the molecule is CCC(N)(Cc1cc(Cl)cc2c1OCC2)C(C)C. The third-order valence-electron chi connectivity index (χ3n) is 4.15. The Morgan fingerprint density at radius 3 is 2.78 bits per heavy atom. The summed E-state index contributed by atoms with van der Waals surface area (Å²) in [6.45, 7) is 7.25. The molecule has 1 unspecified atom stereocenters. The molecule has 0 aliphatic carbocycles. The number of nitrogens with two attached hydrogens (primary N) is 1. The molecule has 1 heterocycles. The molecule has 2 N–H and O–H groups in total. The lowest BCUT2D eigenvalue weighted by atomic mass is 9.79. The maximum atomic E-state index is 6.52. The third kappa shape index (κ3) is 2.50. The van der Waals surface area contributed by atoms with Crippen LogP contribution in [0.5, 0.6) is 5.75 Å². The summed E-state index contributed by atoms with van der Waals surface area (Å²) in [5.74, 6) is 1.45. The van der Waals surface area contributed by atoms with Crippen molar-refractivity contribution in [1.82, 2.24) is 0 Å². The van der Waals surface area contributed by atoms with Crippen LogP contribution in [-0.2, 0) is 12.8 Å². The van der Waals surface area contributed by atoms with Crippen LogP contribution in [-0.4, -0.2) is 12.1 Å². The molecule has 0 saturated carbocycles. The maximum absolute atomic E-state index is 6.52. The summed E-state index contributed by atoms with van der Waals surface area (Å²) in [6.07, 6.45) is 2.73. The zero-order valence-electron chi connectivity index (χ0n) is 11.4. The van der Waals surface area contributed by atoms with Gasteiger partial charge in [0.05, 0.1) is 6.61 Å². The molecule has 3 heteroatoms. The second-order valence-electron chi connectivity index (χ2n) is 5.57. The van der Waals surface area contributed by atoms with Crippen molar-refractivity contribution in [1.29, 1.82) is 0 Å². The van der Waals surface area contributed by atoms with E-state index in [0.29, 0.717) is 5.92 Å². The Balaban J connectivity index is 2.35. The fourth-order valence-corrected chi connectivity index (χ4v) is 2.83. The highest BCUT2D eigenvalue weighted by atomic mass is 35.5. The van der Waals surface area contributed by atoms with Gasteiger partial charge in [0.15, 0.2) is 0 Å². The predicted molar refractivity (Wildman–Crippen MR) is 76.4 cm³/mol. The molecule has 1 aromatic rings. The fraction of sp³-hybridized carbons (Fsp3) is 0.600. The van der Waals surface area contributed by atoms with Crippen molar-refractivity contribution in [3.05, 3.63) is 28.3 Å². The quantitative estimate of drug-likeness (QED) is 0.905. The highest BCUT2D eigenvalue weighted by Crippen LogP contribution is 2.36. The Morgan fingerprint density at radius 1 is 1.44 bits per heavy atom. The standard InChI is InChI=1S/C15H22ClNO/c1-4-15(17,10(2)3)9-12-8-13(16)7-11-5-6-18-14(11)12/h7-8,10H,4-6,9,17H2,1-3H3. The Kier molecular flexibility index (Phi) is 3.88. The number of ether oxygens (including phenoxy) is 1. The van der Waals surface area contributed by atoms with Crippen molar-refractivity contribution in [2.24, 2.45) is 11.7 Å². The Morgan fingerprint density at radius 2 is 2.17 bits per heavy atom. The van der Waals surface area contributed by atoms with Crippen LogP contribution in [0.4, 0.5) is 0 Å². The average molecular weight is 268 g/mol. The number of benzene rings is 1. The van der Waals surface area contributed by atoms with Gasteiger partial charge in [-0.1, -0.05) is 32.4 Å². The van der Waals surface area contributed by atoms with Crippen LogP contribution in [0, 0.1) is 5.92 Å². The van der Waals surface area contributed by atoms with Crippen molar-refractivity contribution >= 4 is 11.6 Å². The van der Waals surface area contributed by atoms with Gasteiger partial charge in [0.1, 0.15) is 5.75 Å². The number of hydrogen-bond acceptors (Lipinski definition) is 2. The molecule has 2 rings (SSSR count). The molecule has 0 saturated heterocycles. The van der Waals surface area contributed by atoms with Crippen molar-refractivity contribution in [2.75, 3.05) is 6.61 Å². The Labute approximate surface area is 114 Å². The molecule has 1 aliphatic rings. The average Bonchev–Trinajstić information content (AvgIpc) is 2.76. The summed E-state index contributed by atoms with van der Waals surface area (Å²) < 4.78 is 5.74. The van der Waals surface area contributed by atoms with Crippen LogP contribution in [0.2, 0.25) is 5.02 Å². The second-order valence-corrected chi connectivity index (χ2v) is 6.01. The number of hydrogen-bond donors (Lipinski definition) is 1. The van der Waals surface area contributed by atoms with Gasteiger partial charge in [-0.2, -0.15) is 0 Å². The summed E-state index contributed by atoms with van der Waals surface area (Å²) in [6, 6.07) is 4.01. The van der Waals surface area contributed by atoms with Crippen LogP contribution in [0.15, 0.2) is 12.1 Å².